The van der Waals surface area contributed by atoms with E-state index in [4.69, 9.17) is 0 Å². The average molecular weight is 292 g/mol. The molecule has 0 saturated heterocycles. The normalized spacial score (nSPS) is 12.2. The lowest BCUT2D eigenvalue weighted by atomic mass is 9.92. The van der Waals surface area contributed by atoms with Gasteiger partial charge in [0.05, 0.1) is 0 Å². The summed E-state index contributed by atoms with van der Waals surface area (Å²) in [6, 6.07) is 4.74. The summed E-state index contributed by atoms with van der Waals surface area (Å²) in [5, 5.41) is 0. The maximum atomic E-state index is 12.2. The second-order valence-corrected chi connectivity index (χ2v) is 7.01. The molecule has 0 bridgehead atoms. The number of pyridine rings is 1. The monoisotopic (exact) mass is 292 g/mol. The second kappa shape index (κ2) is 5.16. The second-order valence-electron chi connectivity index (χ2n) is 5.33. The molecule has 106 valence electrons. The van der Waals surface area contributed by atoms with Gasteiger partial charge >= 0.3 is 0 Å². The molecule has 7 heteroatoms. The molecule has 0 saturated carbocycles. The first-order chi connectivity index (χ1) is 9.29. The van der Waals surface area contributed by atoms with Crippen LogP contribution in [-0.2, 0) is 15.4 Å². The van der Waals surface area contributed by atoms with Gasteiger partial charge in [-0.15, -0.1) is 0 Å². The van der Waals surface area contributed by atoms with Gasteiger partial charge in [-0.2, -0.15) is 0 Å². The molecular formula is C13H16N4O2S. The SMILES string of the molecule is CC(C)(C)c1ccc(S(=O)(=O)Nc2ccncn2)cn1. The third kappa shape index (κ3) is 3.30. The van der Waals surface area contributed by atoms with Crippen molar-refractivity contribution in [1.82, 2.24) is 15.0 Å². The summed E-state index contributed by atoms with van der Waals surface area (Å²) in [5.41, 5.74) is 0.709. The van der Waals surface area contributed by atoms with Crippen molar-refractivity contribution < 1.29 is 8.42 Å². The van der Waals surface area contributed by atoms with E-state index in [1.165, 1.54) is 30.9 Å². The molecule has 20 heavy (non-hydrogen) atoms. The van der Waals surface area contributed by atoms with Crippen LogP contribution >= 0.6 is 0 Å². The Labute approximate surface area is 118 Å². The van der Waals surface area contributed by atoms with Crippen LogP contribution < -0.4 is 4.72 Å². The molecule has 2 rings (SSSR count). The molecule has 0 aromatic carbocycles. The van der Waals surface area contributed by atoms with Gasteiger partial charge in [-0.3, -0.25) is 9.71 Å². The molecular weight excluding hydrogens is 276 g/mol. The van der Waals surface area contributed by atoms with Crippen molar-refractivity contribution in [2.24, 2.45) is 0 Å². The van der Waals surface area contributed by atoms with Crippen molar-refractivity contribution >= 4 is 15.8 Å². The Balaban J connectivity index is 2.27. The molecule has 6 nitrogen and oxygen atoms in total. The van der Waals surface area contributed by atoms with Crippen LogP contribution in [-0.4, -0.2) is 23.4 Å². The van der Waals surface area contributed by atoms with Crippen molar-refractivity contribution in [3.8, 4) is 0 Å². The first-order valence-electron chi connectivity index (χ1n) is 6.04. The van der Waals surface area contributed by atoms with Gasteiger partial charge in [0, 0.05) is 23.5 Å². The van der Waals surface area contributed by atoms with Gasteiger partial charge in [0.15, 0.2) is 0 Å². The van der Waals surface area contributed by atoms with Gasteiger partial charge in [0.1, 0.15) is 17.0 Å². The highest BCUT2D eigenvalue weighted by Crippen LogP contribution is 2.21. The minimum atomic E-state index is -3.68. The van der Waals surface area contributed by atoms with E-state index in [-0.39, 0.29) is 16.1 Å². The minimum Gasteiger partial charge on any atom is -0.263 e. The van der Waals surface area contributed by atoms with Crippen LogP contribution in [0.4, 0.5) is 5.82 Å². The van der Waals surface area contributed by atoms with E-state index < -0.39 is 10.0 Å². The molecule has 0 atom stereocenters. The smallest absolute Gasteiger partial charge is 0.263 e. The highest BCUT2D eigenvalue weighted by Gasteiger charge is 2.19. The van der Waals surface area contributed by atoms with Gasteiger partial charge in [-0.1, -0.05) is 20.8 Å². The van der Waals surface area contributed by atoms with E-state index in [9.17, 15) is 8.42 Å². The largest absolute Gasteiger partial charge is 0.264 e. The van der Waals surface area contributed by atoms with E-state index in [2.05, 4.69) is 19.7 Å². The zero-order valence-electron chi connectivity index (χ0n) is 11.5. The Morgan fingerprint density at radius 2 is 1.85 bits per heavy atom. The fourth-order valence-electron chi connectivity index (χ4n) is 1.53. The molecule has 0 unspecified atom stereocenters. The van der Waals surface area contributed by atoms with Crippen LogP contribution in [0.2, 0.25) is 0 Å². The molecule has 1 N–H and O–H groups in total. The van der Waals surface area contributed by atoms with Crippen LogP contribution in [0.15, 0.2) is 41.8 Å². The van der Waals surface area contributed by atoms with E-state index in [0.29, 0.717) is 0 Å². The van der Waals surface area contributed by atoms with Gasteiger partial charge < -0.3 is 0 Å². The van der Waals surface area contributed by atoms with E-state index in [1.807, 2.05) is 20.8 Å². The lowest BCUT2D eigenvalue weighted by Crippen LogP contribution is -2.17. The third-order valence-corrected chi connectivity index (χ3v) is 3.98. The summed E-state index contributed by atoms with van der Waals surface area (Å²) in [4.78, 5) is 11.9. The number of hydrogen-bond donors (Lipinski definition) is 1. The molecule has 0 aliphatic heterocycles. The van der Waals surface area contributed by atoms with E-state index >= 15 is 0 Å². The quantitative estimate of drug-likeness (QED) is 0.934. The summed E-state index contributed by atoms with van der Waals surface area (Å²) in [6.45, 7) is 6.05. The Hall–Kier alpha value is -2.02. The van der Waals surface area contributed by atoms with Crippen molar-refractivity contribution in [1.29, 1.82) is 0 Å². The van der Waals surface area contributed by atoms with Crippen molar-refractivity contribution in [3.05, 3.63) is 42.6 Å². The molecule has 0 aliphatic rings. The van der Waals surface area contributed by atoms with Crippen LogP contribution in [0.25, 0.3) is 0 Å². The van der Waals surface area contributed by atoms with Crippen molar-refractivity contribution in [3.63, 3.8) is 0 Å². The zero-order chi connectivity index (χ0) is 14.8. The van der Waals surface area contributed by atoms with Crippen molar-refractivity contribution in [2.75, 3.05) is 4.72 Å². The van der Waals surface area contributed by atoms with E-state index in [0.717, 1.165) is 5.69 Å². The maximum absolute atomic E-state index is 12.2. The molecule has 0 amide bonds. The summed E-state index contributed by atoms with van der Waals surface area (Å²) in [5.74, 6) is 0.222. The number of sulfonamides is 1. The number of nitrogens with one attached hydrogen (secondary N) is 1. The van der Waals surface area contributed by atoms with Crippen LogP contribution in [0.5, 0.6) is 0 Å². The predicted octanol–water partition coefficient (Wildman–Crippen LogP) is 1.97. The van der Waals surface area contributed by atoms with Crippen molar-refractivity contribution in [2.45, 2.75) is 31.1 Å². The summed E-state index contributed by atoms with van der Waals surface area (Å²) < 4.78 is 26.7. The van der Waals surface area contributed by atoms with Crippen LogP contribution in [0.3, 0.4) is 0 Å². The Morgan fingerprint density at radius 3 is 2.35 bits per heavy atom. The summed E-state index contributed by atoms with van der Waals surface area (Å²) in [6.07, 6.45) is 4.09. The van der Waals surface area contributed by atoms with Crippen LogP contribution in [0.1, 0.15) is 26.5 Å². The lowest BCUT2D eigenvalue weighted by Gasteiger charge is -2.17. The number of nitrogens with zero attached hydrogens (tertiary/aromatic N) is 3. The summed E-state index contributed by atoms with van der Waals surface area (Å²) >= 11 is 0. The standard InChI is InChI=1S/C13H16N4O2S/c1-13(2,3)11-5-4-10(8-15-11)20(18,19)17-12-6-7-14-9-16-12/h4-9H,1-3H3,(H,14,16,17). The first-order valence-corrected chi connectivity index (χ1v) is 7.53. The topological polar surface area (TPSA) is 84.8 Å². The first kappa shape index (κ1) is 14.4. The van der Waals surface area contributed by atoms with E-state index in [1.54, 1.807) is 6.07 Å². The minimum absolute atomic E-state index is 0.101. The fraction of sp³-hybridized carbons (Fsp3) is 0.308. The highest BCUT2D eigenvalue weighted by molar-refractivity contribution is 7.92. The molecule has 2 aromatic rings. The zero-order valence-corrected chi connectivity index (χ0v) is 12.3. The molecule has 0 radical (unpaired) electrons. The fourth-order valence-corrected chi connectivity index (χ4v) is 2.48. The van der Waals surface area contributed by atoms with Gasteiger partial charge in [0.2, 0.25) is 0 Å². The molecule has 0 spiro atoms. The maximum Gasteiger partial charge on any atom is 0.264 e. The van der Waals surface area contributed by atoms with Gasteiger partial charge in [-0.25, -0.2) is 18.4 Å². The van der Waals surface area contributed by atoms with Gasteiger partial charge in [-0.05, 0) is 18.2 Å². The number of anilines is 1. The predicted molar refractivity (Wildman–Crippen MR) is 75.8 cm³/mol. The number of aromatic nitrogens is 3. The molecule has 2 heterocycles. The molecule has 0 fully saturated rings. The summed E-state index contributed by atoms with van der Waals surface area (Å²) in [7, 11) is -3.68. The Morgan fingerprint density at radius 1 is 1.10 bits per heavy atom. The molecule has 2 aromatic heterocycles. The lowest BCUT2D eigenvalue weighted by molar-refractivity contribution is 0.566. The Bertz CT molecular complexity index is 677. The Kier molecular flexibility index (Phi) is 3.71. The number of rotatable bonds is 3. The molecule has 0 aliphatic carbocycles. The number of hydrogen-bond acceptors (Lipinski definition) is 5. The third-order valence-electron chi connectivity index (χ3n) is 2.64. The highest BCUT2D eigenvalue weighted by atomic mass is 32.2. The van der Waals surface area contributed by atoms with Gasteiger partial charge in [0.25, 0.3) is 10.0 Å². The average Bonchev–Trinajstić information content (AvgIpc) is 2.38. The van der Waals surface area contributed by atoms with Crippen LogP contribution in [0, 0.1) is 0 Å².